The van der Waals surface area contributed by atoms with E-state index in [0.717, 1.165) is 6.42 Å². The molecule has 0 saturated heterocycles. The number of nitrogen functional groups attached to an aromatic ring is 1. The van der Waals surface area contributed by atoms with Crippen LogP contribution >= 0.6 is 0 Å². The first-order valence-corrected chi connectivity index (χ1v) is 5.97. The Labute approximate surface area is 109 Å². The normalized spacial score (nSPS) is 10.6. The smallest absolute Gasteiger partial charge is 0.274 e. The fourth-order valence-electron chi connectivity index (χ4n) is 2.11. The second-order valence-corrected chi connectivity index (χ2v) is 4.17. The molecule has 2 aromatic rings. The maximum absolute atomic E-state index is 12.3. The van der Waals surface area contributed by atoms with Crippen molar-refractivity contribution in [2.24, 2.45) is 5.84 Å². The van der Waals surface area contributed by atoms with Crippen LogP contribution in [0.1, 0.15) is 23.7 Å². The number of carbonyl (C=O) groups excluding carboxylic acids is 1. The van der Waals surface area contributed by atoms with Crippen LogP contribution < -0.4 is 16.8 Å². The summed E-state index contributed by atoms with van der Waals surface area (Å²) in [7, 11) is 0. The largest absolute Gasteiger partial charge is 0.506 e. The summed E-state index contributed by atoms with van der Waals surface area (Å²) in [6.45, 7) is 2.39. The predicted octanol–water partition coefficient (Wildman–Crippen LogP) is 0.721. The predicted molar refractivity (Wildman–Crippen MR) is 71.8 cm³/mol. The molecule has 0 aliphatic rings. The van der Waals surface area contributed by atoms with Gasteiger partial charge in [0.1, 0.15) is 11.3 Å². The maximum atomic E-state index is 12.3. The van der Waals surface area contributed by atoms with Gasteiger partial charge in [0.25, 0.3) is 11.5 Å². The van der Waals surface area contributed by atoms with Crippen molar-refractivity contribution in [3.05, 3.63) is 40.2 Å². The van der Waals surface area contributed by atoms with Gasteiger partial charge >= 0.3 is 0 Å². The minimum atomic E-state index is -0.793. The molecule has 2 rings (SSSR count). The number of benzene rings is 1. The van der Waals surface area contributed by atoms with Crippen molar-refractivity contribution in [2.75, 3.05) is 0 Å². The SMILES string of the molecule is CCCn1c(=O)c(C(=O)NN)c(O)c2ccccc21. The van der Waals surface area contributed by atoms with E-state index in [0.29, 0.717) is 17.4 Å². The van der Waals surface area contributed by atoms with Gasteiger partial charge in [-0.3, -0.25) is 15.0 Å². The Kier molecular flexibility index (Phi) is 3.52. The van der Waals surface area contributed by atoms with Gasteiger partial charge < -0.3 is 9.67 Å². The molecule has 1 amide bonds. The Hall–Kier alpha value is -2.34. The van der Waals surface area contributed by atoms with E-state index in [-0.39, 0.29) is 11.3 Å². The number of nitrogens with one attached hydrogen (secondary N) is 1. The van der Waals surface area contributed by atoms with Crippen molar-refractivity contribution in [3.63, 3.8) is 0 Å². The molecule has 1 aromatic heterocycles. The number of aromatic nitrogens is 1. The summed E-state index contributed by atoms with van der Waals surface area (Å²) in [4.78, 5) is 23.9. The standard InChI is InChI=1S/C13H15N3O3/c1-2-7-16-9-6-4-3-5-8(9)11(17)10(13(16)19)12(18)15-14/h3-6,17H,2,7,14H2,1H3,(H,15,18). The minimum Gasteiger partial charge on any atom is -0.506 e. The number of aryl methyl sites for hydroxylation is 1. The van der Waals surface area contributed by atoms with E-state index in [4.69, 9.17) is 5.84 Å². The van der Waals surface area contributed by atoms with Gasteiger partial charge in [-0.05, 0) is 18.6 Å². The van der Waals surface area contributed by atoms with Crippen molar-refractivity contribution in [3.8, 4) is 5.75 Å². The van der Waals surface area contributed by atoms with Crippen molar-refractivity contribution in [2.45, 2.75) is 19.9 Å². The molecule has 0 unspecified atom stereocenters. The summed E-state index contributed by atoms with van der Waals surface area (Å²) in [5.41, 5.74) is 1.62. The number of amides is 1. The summed E-state index contributed by atoms with van der Waals surface area (Å²) < 4.78 is 1.47. The van der Waals surface area contributed by atoms with Crippen LogP contribution in [0, 0.1) is 0 Å². The number of fused-ring (bicyclic) bond motifs is 1. The molecule has 0 aliphatic carbocycles. The molecule has 19 heavy (non-hydrogen) atoms. The van der Waals surface area contributed by atoms with Gasteiger partial charge in [0.15, 0.2) is 0 Å². The number of hydrazine groups is 1. The second-order valence-electron chi connectivity index (χ2n) is 4.17. The number of hydrogen-bond acceptors (Lipinski definition) is 4. The van der Waals surface area contributed by atoms with Crippen molar-refractivity contribution >= 4 is 16.8 Å². The van der Waals surface area contributed by atoms with Crippen LogP contribution in [0.5, 0.6) is 5.75 Å². The maximum Gasteiger partial charge on any atom is 0.274 e. The average Bonchev–Trinajstić information content (AvgIpc) is 2.43. The Morgan fingerprint density at radius 1 is 1.42 bits per heavy atom. The zero-order chi connectivity index (χ0) is 14.0. The van der Waals surface area contributed by atoms with Gasteiger partial charge in [-0.1, -0.05) is 19.1 Å². The Morgan fingerprint density at radius 2 is 2.11 bits per heavy atom. The second kappa shape index (κ2) is 5.11. The molecule has 100 valence electrons. The number of aromatic hydroxyl groups is 1. The molecular formula is C13H15N3O3. The highest BCUT2D eigenvalue weighted by Gasteiger charge is 2.20. The van der Waals surface area contributed by atoms with Crippen LogP contribution in [-0.2, 0) is 6.54 Å². The lowest BCUT2D eigenvalue weighted by Crippen LogP contribution is -2.36. The topological polar surface area (TPSA) is 97.4 Å². The van der Waals surface area contributed by atoms with Crippen molar-refractivity contribution in [1.29, 1.82) is 0 Å². The molecule has 1 aromatic carbocycles. The fraction of sp³-hybridized carbons (Fsp3) is 0.231. The Balaban J connectivity index is 2.91. The summed E-state index contributed by atoms with van der Waals surface area (Å²) >= 11 is 0. The number of carbonyl (C=O) groups is 1. The third kappa shape index (κ3) is 2.06. The van der Waals surface area contributed by atoms with Crippen LogP contribution in [0.4, 0.5) is 0 Å². The number of rotatable bonds is 3. The molecule has 0 spiro atoms. The molecular weight excluding hydrogens is 246 g/mol. The first-order chi connectivity index (χ1) is 9.11. The molecule has 0 saturated carbocycles. The third-order valence-corrected chi connectivity index (χ3v) is 2.95. The molecule has 0 radical (unpaired) electrons. The molecule has 1 heterocycles. The molecule has 6 heteroatoms. The highest BCUT2D eigenvalue weighted by molar-refractivity contribution is 6.02. The Bertz CT molecular complexity index is 691. The van der Waals surface area contributed by atoms with E-state index >= 15 is 0 Å². The molecule has 0 aliphatic heterocycles. The Morgan fingerprint density at radius 3 is 2.74 bits per heavy atom. The van der Waals surface area contributed by atoms with E-state index < -0.39 is 11.5 Å². The average molecular weight is 261 g/mol. The minimum absolute atomic E-state index is 0.324. The van der Waals surface area contributed by atoms with E-state index in [9.17, 15) is 14.7 Å². The number of nitrogens with two attached hydrogens (primary N) is 1. The first-order valence-electron chi connectivity index (χ1n) is 5.97. The van der Waals surface area contributed by atoms with Crippen molar-refractivity contribution in [1.82, 2.24) is 9.99 Å². The van der Waals surface area contributed by atoms with Crippen LogP contribution in [0.3, 0.4) is 0 Å². The zero-order valence-electron chi connectivity index (χ0n) is 10.5. The summed E-state index contributed by atoms with van der Waals surface area (Å²) in [6, 6.07) is 6.89. The van der Waals surface area contributed by atoms with E-state index in [2.05, 4.69) is 0 Å². The van der Waals surface area contributed by atoms with Gasteiger partial charge in [-0.15, -0.1) is 0 Å². The lowest BCUT2D eigenvalue weighted by atomic mass is 10.1. The molecule has 0 fully saturated rings. The molecule has 0 atom stereocenters. The van der Waals surface area contributed by atoms with E-state index in [1.165, 1.54) is 4.57 Å². The van der Waals surface area contributed by atoms with Gasteiger partial charge in [-0.25, -0.2) is 5.84 Å². The highest BCUT2D eigenvalue weighted by atomic mass is 16.3. The number of nitrogens with zero attached hydrogens (tertiary/aromatic N) is 1. The fourth-order valence-corrected chi connectivity index (χ4v) is 2.11. The van der Waals surface area contributed by atoms with Crippen LogP contribution in [0.2, 0.25) is 0 Å². The van der Waals surface area contributed by atoms with Gasteiger partial charge in [0.2, 0.25) is 0 Å². The summed E-state index contributed by atoms with van der Waals surface area (Å²) in [5.74, 6) is 3.92. The van der Waals surface area contributed by atoms with E-state index in [1.807, 2.05) is 12.3 Å². The van der Waals surface area contributed by atoms with Crippen LogP contribution in [-0.4, -0.2) is 15.6 Å². The quantitative estimate of drug-likeness (QED) is 0.431. The third-order valence-electron chi connectivity index (χ3n) is 2.95. The number of hydrogen-bond donors (Lipinski definition) is 3. The number of pyridine rings is 1. The lowest BCUT2D eigenvalue weighted by Gasteiger charge is -2.13. The van der Waals surface area contributed by atoms with Crippen molar-refractivity contribution < 1.29 is 9.90 Å². The molecule has 4 N–H and O–H groups in total. The molecule has 0 bridgehead atoms. The number of para-hydroxylation sites is 1. The van der Waals surface area contributed by atoms with E-state index in [1.54, 1.807) is 24.3 Å². The first kappa shape index (κ1) is 13.1. The monoisotopic (exact) mass is 261 g/mol. The van der Waals surface area contributed by atoms with Gasteiger partial charge in [-0.2, -0.15) is 0 Å². The summed E-state index contributed by atoms with van der Waals surface area (Å²) in [5, 5.41) is 10.5. The van der Waals surface area contributed by atoms with Crippen LogP contribution in [0.15, 0.2) is 29.1 Å². The van der Waals surface area contributed by atoms with Crippen LogP contribution in [0.25, 0.3) is 10.9 Å². The highest BCUT2D eigenvalue weighted by Crippen LogP contribution is 2.26. The summed E-state index contributed by atoms with van der Waals surface area (Å²) in [6.07, 6.45) is 0.734. The van der Waals surface area contributed by atoms with Gasteiger partial charge in [0, 0.05) is 11.9 Å². The zero-order valence-corrected chi connectivity index (χ0v) is 10.5. The van der Waals surface area contributed by atoms with Gasteiger partial charge in [0.05, 0.1) is 5.52 Å². The lowest BCUT2D eigenvalue weighted by molar-refractivity contribution is 0.0949. The molecule has 6 nitrogen and oxygen atoms in total.